The summed E-state index contributed by atoms with van der Waals surface area (Å²) in [6.45, 7) is 6.22. The quantitative estimate of drug-likeness (QED) is 0.693. The van der Waals surface area contributed by atoms with Crippen LogP contribution in [0, 0.1) is 18.3 Å². The molecule has 0 amide bonds. The summed E-state index contributed by atoms with van der Waals surface area (Å²) < 4.78 is 1.27. The second-order valence-corrected chi connectivity index (χ2v) is 6.69. The molecule has 0 atom stereocenters. The van der Waals surface area contributed by atoms with Gasteiger partial charge in [0, 0.05) is 12.8 Å². The molecule has 27 heavy (non-hydrogen) atoms. The molecule has 142 valence electrons. The van der Waals surface area contributed by atoms with Gasteiger partial charge in [0.2, 0.25) is 5.88 Å². The standard InChI is InChI=1S/C22H27N3O2/c1-4-6-8-17-9-11-18(12-10-17)24-15-20-16(3)19(14-23)21(26)25(22(20)27)13-7-5-2/h9-12,15,27H,4-8,13H2,1-3H3. The number of hydrogen-bond acceptors (Lipinski definition) is 4. The number of aromatic nitrogens is 1. The minimum Gasteiger partial charge on any atom is -0.494 e. The summed E-state index contributed by atoms with van der Waals surface area (Å²) in [7, 11) is 0. The van der Waals surface area contributed by atoms with Crippen molar-refractivity contribution in [3.63, 3.8) is 0 Å². The van der Waals surface area contributed by atoms with Crippen molar-refractivity contribution in [1.82, 2.24) is 4.57 Å². The Kier molecular flexibility index (Phi) is 7.36. The molecule has 2 rings (SSSR count). The zero-order valence-corrected chi connectivity index (χ0v) is 16.3. The molecule has 0 unspecified atom stereocenters. The van der Waals surface area contributed by atoms with Gasteiger partial charge in [-0.05, 0) is 49.4 Å². The number of rotatable bonds is 8. The Balaban J connectivity index is 2.38. The van der Waals surface area contributed by atoms with Crippen LogP contribution in [0.4, 0.5) is 5.69 Å². The van der Waals surface area contributed by atoms with Crippen molar-refractivity contribution in [2.75, 3.05) is 0 Å². The van der Waals surface area contributed by atoms with Gasteiger partial charge in [-0.25, -0.2) is 0 Å². The maximum Gasteiger partial charge on any atom is 0.271 e. The van der Waals surface area contributed by atoms with Crippen molar-refractivity contribution in [2.45, 2.75) is 59.4 Å². The van der Waals surface area contributed by atoms with Gasteiger partial charge in [0.05, 0.1) is 11.3 Å². The largest absolute Gasteiger partial charge is 0.494 e. The van der Waals surface area contributed by atoms with E-state index < -0.39 is 5.56 Å². The molecule has 5 nitrogen and oxygen atoms in total. The number of pyridine rings is 1. The van der Waals surface area contributed by atoms with Crippen LogP contribution in [-0.4, -0.2) is 15.9 Å². The van der Waals surface area contributed by atoms with Gasteiger partial charge in [0.25, 0.3) is 5.56 Å². The first kappa shape index (κ1) is 20.4. The van der Waals surface area contributed by atoms with Crippen LogP contribution in [-0.2, 0) is 13.0 Å². The molecule has 0 bridgehead atoms. The summed E-state index contributed by atoms with van der Waals surface area (Å²) in [4.78, 5) is 16.9. The normalized spacial score (nSPS) is 11.0. The maximum atomic E-state index is 12.4. The number of unbranched alkanes of at least 4 members (excludes halogenated alkanes) is 2. The third kappa shape index (κ3) is 4.85. The molecule has 0 aliphatic rings. The van der Waals surface area contributed by atoms with Crippen LogP contribution in [0.25, 0.3) is 0 Å². The lowest BCUT2D eigenvalue weighted by Gasteiger charge is -2.13. The Labute approximate surface area is 160 Å². The molecule has 2 aromatic rings. The summed E-state index contributed by atoms with van der Waals surface area (Å²) >= 11 is 0. The first-order valence-electron chi connectivity index (χ1n) is 9.52. The van der Waals surface area contributed by atoms with Crippen LogP contribution in [0.3, 0.4) is 0 Å². The van der Waals surface area contributed by atoms with Gasteiger partial charge in [-0.2, -0.15) is 5.26 Å². The average molecular weight is 365 g/mol. The second-order valence-electron chi connectivity index (χ2n) is 6.69. The molecule has 1 N–H and O–H groups in total. The van der Waals surface area contributed by atoms with Gasteiger partial charge in [0.1, 0.15) is 11.6 Å². The van der Waals surface area contributed by atoms with E-state index in [1.54, 1.807) is 6.92 Å². The first-order valence-corrected chi connectivity index (χ1v) is 9.52. The molecule has 0 saturated heterocycles. The van der Waals surface area contributed by atoms with Gasteiger partial charge >= 0.3 is 0 Å². The van der Waals surface area contributed by atoms with Gasteiger partial charge < -0.3 is 5.11 Å². The van der Waals surface area contributed by atoms with Crippen LogP contribution in [0.2, 0.25) is 0 Å². The van der Waals surface area contributed by atoms with Gasteiger partial charge in [-0.15, -0.1) is 0 Å². The second kappa shape index (κ2) is 9.72. The fraction of sp³-hybridized carbons (Fsp3) is 0.409. The van der Waals surface area contributed by atoms with E-state index in [0.717, 1.165) is 37.8 Å². The molecular formula is C22H27N3O2. The van der Waals surface area contributed by atoms with Crippen molar-refractivity contribution in [3.05, 3.63) is 56.9 Å². The Morgan fingerprint density at radius 2 is 1.85 bits per heavy atom. The molecule has 0 spiro atoms. The number of hydrogen-bond donors (Lipinski definition) is 1. The molecule has 0 fully saturated rings. The van der Waals surface area contributed by atoms with Gasteiger partial charge in [-0.1, -0.05) is 38.8 Å². The third-order valence-corrected chi connectivity index (χ3v) is 4.68. The SMILES string of the molecule is CCCCc1ccc(N=Cc2c(C)c(C#N)c(=O)n(CCCC)c2O)cc1. The number of aromatic hydroxyl groups is 1. The van der Waals surface area contributed by atoms with E-state index in [9.17, 15) is 15.2 Å². The lowest BCUT2D eigenvalue weighted by Crippen LogP contribution is -2.25. The molecule has 0 saturated carbocycles. The zero-order valence-electron chi connectivity index (χ0n) is 16.3. The van der Waals surface area contributed by atoms with E-state index in [4.69, 9.17) is 0 Å². The predicted molar refractivity (Wildman–Crippen MR) is 109 cm³/mol. The van der Waals surface area contributed by atoms with Crippen LogP contribution in [0.5, 0.6) is 5.88 Å². The molecular weight excluding hydrogens is 338 g/mol. The zero-order chi connectivity index (χ0) is 19.8. The summed E-state index contributed by atoms with van der Waals surface area (Å²) in [6, 6.07) is 9.95. The number of aliphatic imine (C=N–C) groups is 1. The Morgan fingerprint density at radius 3 is 2.44 bits per heavy atom. The van der Waals surface area contributed by atoms with Crippen molar-refractivity contribution >= 4 is 11.9 Å². The first-order chi connectivity index (χ1) is 13.0. The van der Waals surface area contributed by atoms with E-state index in [-0.39, 0.29) is 11.4 Å². The molecule has 1 aromatic carbocycles. The minimum atomic E-state index is -0.446. The van der Waals surface area contributed by atoms with Crippen LogP contribution >= 0.6 is 0 Å². The highest BCUT2D eigenvalue weighted by atomic mass is 16.3. The predicted octanol–water partition coefficient (Wildman–Crippen LogP) is 4.63. The van der Waals surface area contributed by atoms with E-state index in [0.29, 0.717) is 17.7 Å². The summed E-state index contributed by atoms with van der Waals surface area (Å²) in [5, 5.41) is 19.9. The summed E-state index contributed by atoms with van der Waals surface area (Å²) in [5.74, 6) is -0.131. The lowest BCUT2D eigenvalue weighted by atomic mass is 10.1. The van der Waals surface area contributed by atoms with E-state index in [2.05, 4.69) is 24.0 Å². The fourth-order valence-corrected chi connectivity index (χ4v) is 2.92. The highest BCUT2D eigenvalue weighted by Crippen LogP contribution is 2.22. The number of nitrogens with zero attached hydrogens (tertiary/aromatic N) is 3. The monoisotopic (exact) mass is 365 g/mol. The van der Waals surface area contributed by atoms with Crippen molar-refractivity contribution in [2.24, 2.45) is 4.99 Å². The Bertz CT molecular complexity index is 903. The molecule has 0 aliphatic heterocycles. The number of aryl methyl sites for hydroxylation is 1. The van der Waals surface area contributed by atoms with Gasteiger partial charge in [0.15, 0.2) is 0 Å². The lowest BCUT2D eigenvalue weighted by molar-refractivity contribution is 0.400. The summed E-state index contributed by atoms with van der Waals surface area (Å²) in [6.07, 6.45) is 6.54. The van der Waals surface area contributed by atoms with Crippen molar-refractivity contribution < 1.29 is 5.11 Å². The fourth-order valence-electron chi connectivity index (χ4n) is 2.92. The number of benzene rings is 1. The van der Waals surface area contributed by atoms with Crippen LogP contribution in [0.1, 0.15) is 61.8 Å². The minimum absolute atomic E-state index is 0.0558. The maximum absolute atomic E-state index is 12.4. The molecule has 1 aromatic heterocycles. The van der Waals surface area contributed by atoms with Crippen molar-refractivity contribution in [3.8, 4) is 11.9 Å². The Hall–Kier alpha value is -2.87. The molecule has 0 radical (unpaired) electrons. The number of nitriles is 1. The molecule has 0 aliphatic carbocycles. The van der Waals surface area contributed by atoms with Crippen LogP contribution in [0.15, 0.2) is 34.1 Å². The van der Waals surface area contributed by atoms with E-state index in [1.165, 1.54) is 16.3 Å². The van der Waals surface area contributed by atoms with Gasteiger partial charge in [-0.3, -0.25) is 14.4 Å². The topological polar surface area (TPSA) is 78.4 Å². The third-order valence-electron chi connectivity index (χ3n) is 4.68. The van der Waals surface area contributed by atoms with Crippen LogP contribution < -0.4 is 5.56 Å². The molecule has 5 heteroatoms. The smallest absolute Gasteiger partial charge is 0.271 e. The highest BCUT2D eigenvalue weighted by Gasteiger charge is 2.17. The Morgan fingerprint density at radius 1 is 1.19 bits per heavy atom. The van der Waals surface area contributed by atoms with E-state index in [1.807, 2.05) is 25.1 Å². The average Bonchev–Trinajstić information content (AvgIpc) is 2.67. The summed E-state index contributed by atoms with van der Waals surface area (Å²) in [5.41, 5.74) is 2.51. The highest BCUT2D eigenvalue weighted by molar-refractivity contribution is 5.87. The van der Waals surface area contributed by atoms with Crippen molar-refractivity contribution in [1.29, 1.82) is 5.26 Å². The molecule has 1 heterocycles. The van der Waals surface area contributed by atoms with E-state index >= 15 is 0 Å².